The van der Waals surface area contributed by atoms with E-state index >= 15 is 0 Å². The SMILES string of the molecule is CC[C@H](C)[C@H](NC(=O)N1CCn2c1nc1ccccc12)C(=O)NCCOC. The Balaban J connectivity index is 1.74. The molecule has 8 heteroatoms. The Morgan fingerprint density at radius 3 is 2.81 bits per heavy atom. The molecule has 0 fully saturated rings. The van der Waals surface area contributed by atoms with Gasteiger partial charge in [-0.1, -0.05) is 32.4 Å². The Bertz CT molecular complexity index is 819. The molecule has 0 aliphatic carbocycles. The Hall–Kier alpha value is -2.61. The number of nitrogens with zero attached hydrogens (tertiary/aromatic N) is 3. The van der Waals surface area contributed by atoms with Crippen LogP contribution in [-0.4, -0.2) is 54.3 Å². The van der Waals surface area contributed by atoms with Crippen molar-refractivity contribution in [2.75, 3.05) is 31.7 Å². The van der Waals surface area contributed by atoms with Crippen LogP contribution in [0.15, 0.2) is 24.3 Å². The number of ether oxygens (including phenoxy) is 1. The van der Waals surface area contributed by atoms with E-state index in [2.05, 4.69) is 15.6 Å². The number of fused-ring (bicyclic) bond motifs is 3. The largest absolute Gasteiger partial charge is 0.383 e. The van der Waals surface area contributed by atoms with Gasteiger partial charge in [0, 0.05) is 26.7 Å². The number of hydrogen-bond acceptors (Lipinski definition) is 4. The van der Waals surface area contributed by atoms with Crippen LogP contribution in [0.4, 0.5) is 10.7 Å². The van der Waals surface area contributed by atoms with Crippen LogP contribution in [0.5, 0.6) is 0 Å². The number of aromatic nitrogens is 2. The maximum absolute atomic E-state index is 12.9. The molecule has 2 aromatic rings. The maximum Gasteiger partial charge on any atom is 0.324 e. The third-order valence-electron chi connectivity index (χ3n) is 5.05. The molecule has 8 nitrogen and oxygen atoms in total. The van der Waals surface area contributed by atoms with Gasteiger partial charge >= 0.3 is 6.03 Å². The monoisotopic (exact) mass is 373 g/mol. The van der Waals surface area contributed by atoms with Gasteiger partial charge in [0.1, 0.15) is 6.04 Å². The molecule has 0 radical (unpaired) electrons. The molecule has 146 valence electrons. The highest BCUT2D eigenvalue weighted by atomic mass is 16.5. The van der Waals surface area contributed by atoms with Crippen molar-refractivity contribution in [1.29, 1.82) is 0 Å². The molecule has 0 spiro atoms. The van der Waals surface area contributed by atoms with Crippen LogP contribution in [-0.2, 0) is 16.1 Å². The van der Waals surface area contributed by atoms with Gasteiger partial charge < -0.3 is 19.9 Å². The molecule has 2 atom stereocenters. The standard InChI is InChI=1S/C19H27N5O3/c1-4-13(2)16(17(25)20-9-12-27-3)22-19(26)24-11-10-23-15-8-6-5-7-14(15)21-18(23)24/h5-8,13,16H,4,9-12H2,1-3H3,(H,20,25)(H,22,26)/t13-,16-/m0/s1. The van der Waals surface area contributed by atoms with Gasteiger partial charge in [-0.15, -0.1) is 0 Å². The minimum absolute atomic E-state index is 0.0120. The Kier molecular flexibility index (Phi) is 5.95. The van der Waals surface area contributed by atoms with Gasteiger partial charge in [-0.2, -0.15) is 0 Å². The number of carbonyl (C=O) groups excluding carboxylic acids is 2. The number of anilines is 1. The Labute approximate surface area is 158 Å². The van der Waals surface area contributed by atoms with Gasteiger partial charge in [0.15, 0.2) is 0 Å². The first-order chi connectivity index (χ1) is 13.1. The van der Waals surface area contributed by atoms with Gasteiger partial charge in [0.25, 0.3) is 0 Å². The number of urea groups is 1. The second-order valence-corrected chi connectivity index (χ2v) is 6.80. The molecule has 0 saturated carbocycles. The number of benzene rings is 1. The zero-order valence-electron chi connectivity index (χ0n) is 16.1. The van der Waals surface area contributed by atoms with Gasteiger partial charge in [-0.3, -0.25) is 9.69 Å². The molecule has 0 saturated heterocycles. The maximum atomic E-state index is 12.9. The van der Waals surface area contributed by atoms with Crippen LogP contribution in [0.2, 0.25) is 0 Å². The third kappa shape index (κ3) is 3.90. The molecule has 1 aliphatic heterocycles. The van der Waals surface area contributed by atoms with E-state index in [1.165, 1.54) is 0 Å². The first-order valence-corrected chi connectivity index (χ1v) is 9.36. The number of para-hydroxylation sites is 2. The number of hydrogen-bond donors (Lipinski definition) is 2. The number of rotatable bonds is 7. The lowest BCUT2D eigenvalue weighted by molar-refractivity contribution is -0.124. The summed E-state index contributed by atoms with van der Waals surface area (Å²) in [6, 6.07) is 6.93. The lowest BCUT2D eigenvalue weighted by atomic mass is 9.98. The van der Waals surface area contributed by atoms with Crippen LogP contribution in [0.1, 0.15) is 20.3 Å². The van der Waals surface area contributed by atoms with Crippen molar-refractivity contribution >= 4 is 28.9 Å². The van der Waals surface area contributed by atoms with E-state index in [4.69, 9.17) is 4.74 Å². The predicted octanol–water partition coefficient (Wildman–Crippen LogP) is 1.74. The molecule has 2 N–H and O–H groups in total. The number of nitrogens with one attached hydrogen (secondary N) is 2. The summed E-state index contributed by atoms with van der Waals surface area (Å²) >= 11 is 0. The highest BCUT2D eigenvalue weighted by Gasteiger charge is 2.32. The van der Waals surface area contributed by atoms with E-state index in [1.807, 2.05) is 42.7 Å². The summed E-state index contributed by atoms with van der Waals surface area (Å²) in [6.07, 6.45) is 0.779. The molecule has 0 bridgehead atoms. The van der Waals surface area contributed by atoms with E-state index in [-0.39, 0.29) is 17.9 Å². The van der Waals surface area contributed by atoms with Crippen LogP contribution in [0.25, 0.3) is 11.0 Å². The Morgan fingerprint density at radius 2 is 2.07 bits per heavy atom. The van der Waals surface area contributed by atoms with Gasteiger partial charge in [-0.05, 0) is 18.1 Å². The van der Waals surface area contributed by atoms with Gasteiger partial charge in [0.05, 0.1) is 17.6 Å². The second kappa shape index (κ2) is 8.39. The van der Waals surface area contributed by atoms with E-state index in [0.29, 0.717) is 32.2 Å². The number of amides is 3. The summed E-state index contributed by atoms with van der Waals surface area (Å²) in [4.78, 5) is 31.6. The van der Waals surface area contributed by atoms with Gasteiger partial charge in [-0.25, -0.2) is 9.78 Å². The lowest BCUT2D eigenvalue weighted by Crippen LogP contribution is -2.54. The minimum atomic E-state index is -0.599. The summed E-state index contributed by atoms with van der Waals surface area (Å²) in [5.74, 6) is 0.441. The summed E-state index contributed by atoms with van der Waals surface area (Å²) in [5, 5.41) is 5.72. The molecule has 1 aromatic heterocycles. The van der Waals surface area contributed by atoms with Crippen molar-refractivity contribution in [3.63, 3.8) is 0 Å². The van der Waals surface area contributed by atoms with Gasteiger partial charge in [0.2, 0.25) is 11.9 Å². The quantitative estimate of drug-likeness (QED) is 0.724. The Morgan fingerprint density at radius 1 is 1.30 bits per heavy atom. The molecule has 1 aliphatic rings. The number of carbonyl (C=O) groups is 2. The minimum Gasteiger partial charge on any atom is -0.383 e. The zero-order chi connectivity index (χ0) is 19.4. The van der Waals surface area contributed by atoms with E-state index in [0.717, 1.165) is 17.5 Å². The highest BCUT2D eigenvalue weighted by Crippen LogP contribution is 2.27. The fourth-order valence-electron chi connectivity index (χ4n) is 3.28. The molecular weight excluding hydrogens is 346 g/mol. The average Bonchev–Trinajstić information content (AvgIpc) is 3.24. The predicted molar refractivity (Wildman–Crippen MR) is 104 cm³/mol. The van der Waals surface area contributed by atoms with E-state index in [9.17, 15) is 9.59 Å². The van der Waals surface area contributed by atoms with Crippen LogP contribution < -0.4 is 15.5 Å². The fourth-order valence-corrected chi connectivity index (χ4v) is 3.28. The normalized spacial score (nSPS) is 15.4. The summed E-state index contributed by atoms with van der Waals surface area (Å²) in [7, 11) is 1.58. The first-order valence-electron chi connectivity index (χ1n) is 9.36. The fraction of sp³-hybridized carbons (Fsp3) is 0.526. The van der Waals surface area contributed by atoms with Crippen LogP contribution in [0.3, 0.4) is 0 Å². The molecular formula is C19H27N5O3. The van der Waals surface area contributed by atoms with Crippen molar-refractivity contribution in [2.45, 2.75) is 32.9 Å². The third-order valence-corrected chi connectivity index (χ3v) is 5.05. The smallest absolute Gasteiger partial charge is 0.324 e. The number of imidazole rings is 1. The first kappa shape index (κ1) is 19.2. The van der Waals surface area contributed by atoms with Crippen molar-refractivity contribution in [2.24, 2.45) is 5.92 Å². The second-order valence-electron chi connectivity index (χ2n) is 6.80. The van der Waals surface area contributed by atoms with Crippen molar-refractivity contribution in [1.82, 2.24) is 20.2 Å². The molecule has 3 rings (SSSR count). The van der Waals surface area contributed by atoms with Crippen LogP contribution >= 0.6 is 0 Å². The lowest BCUT2D eigenvalue weighted by Gasteiger charge is -2.25. The van der Waals surface area contributed by atoms with E-state index < -0.39 is 6.04 Å². The highest BCUT2D eigenvalue weighted by molar-refractivity contribution is 5.96. The topological polar surface area (TPSA) is 88.5 Å². The summed E-state index contributed by atoms with van der Waals surface area (Å²) < 4.78 is 7.00. The van der Waals surface area contributed by atoms with Crippen molar-refractivity contribution in [3.8, 4) is 0 Å². The molecule has 0 unspecified atom stereocenters. The van der Waals surface area contributed by atoms with Crippen molar-refractivity contribution < 1.29 is 14.3 Å². The van der Waals surface area contributed by atoms with Crippen molar-refractivity contribution in [3.05, 3.63) is 24.3 Å². The summed E-state index contributed by atoms with van der Waals surface area (Å²) in [5.41, 5.74) is 1.87. The molecule has 27 heavy (non-hydrogen) atoms. The van der Waals surface area contributed by atoms with Crippen LogP contribution in [0, 0.1) is 5.92 Å². The van der Waals surface area contributed by atoms with E-state index in [1.54, 1.807) is 12.0 Å². The average molecular weight is 373 g/mol. The number of methoxy groups -OCH3 is 1. The molecule has 1 aromatic carbocycles. The molecule has 2 heterocycles. The molecule has 3 amide bonds. The summed E-state index contributed by atoms with van der Waals surface area (Å²) in [6.45, 7) is 6.04. The zero-order valence-corrected chi connectivity index (χ0v) is 16.1.